The van der Waals surface area contributed by atoms with Crippen molar-refractivity contribution in [3.8, 4) is 0 Å². The SMILES string of the molecule is O=C(Nc1ccc(Br)cc1)c1ccccc1[Se]Sc1ccccc1. The molecule has 120 valence electrons. The third-order valence-electron chi connectivity index (χ3n) is 3.20. The van der Waals surface area contributed by atoms with Gasteiger partial charge >= 0.3 is 160 Å². The number of amides is 1. The van der Waals surface area contributed by atoms with Gasteiger partial charge in [-0.3, -0.25) is 0 Å². The minimum absolute atomic E-state index is 0.0662. The maximum atomic E-state index is 12.6. The van der Waals surface area contributed by atoms with Crippen LogP contribution in [0.25, 0.3) is 0 Å². The van der Waals surface area contributed by atoms with E-state index in [9.17, 15) is 4.79 Å². The quantitative estimate of drug-likeness (QED) is 0.555. The Morgan fingerprint density at radius 2 is 1.54 bits per heavy atom. The average Bonchev–Trinajstić information content (AvgIpc) is 2.63. The molecule has 1 amide bonds. The van der Waals surface area contributed by atoms with Crippen LogP contribution in [0.3, 0.4) is 0 Å². The number of nitrogens with one attached hydrogen (secondary N) is 1. The Balaban J connectivity index is 1.73. The molecule has 3 aromatic rings. The Labute approximate surface area is 159 Å². The van der Waals surface area contributed by atoms with Crippen molar-refractivity contribution >= 4 is 56.0 Å². The van der Waals surface area contributed by atoms with E-state index in [1.54, 1.807) is 10.2 Å². The maximum absolute atomic E-state index is 12.6. The van der Waals surface area contributed by atoms with Gasteiger partial charge in [-0.2, -0.15) is 0 Å². The molecular weight excluding hydrogens is 449 g/mol. The van der Waals surface area contributed by atoms with E-state index < -0.39 is 0 Å². The Morgan fingerprint density at radius 3 is 2.29 bits per heavy atom. The molecule has 0 fully saturated rings. The molecule has 0 bridgehead atoms. The van der Waals surface area contributed by atoms with Gasteiger partial charge in [0.2, 0.25) is 0 Å². The normalized spacial score (nSPS) is 10.4. The second kappa shape index (κ2) is 8.54. The van der Waals surface area contributed by atoms with Gasteiger partial charge in [0.15, 0.2) is 0 Å². The summed E-state index contributed by atoms with van der Waals surface area (Å²) in [6.07, 6.45) is 0. The summed E-state index contributed by atoms with van der Waals surface area (Å²) < 4.78 is 2.08. The number of halogens is 1. The summed E-state index contributed by atoms with van der Waals surface area (Å²) in [5, 5.41) is 2.96. The van der Waals surface area contributed by atoms with Crippen molar-refractivity contribution in [3.63, 3.8) is 0 Å². The van der Waals surface area contributed by atoms with Gasteiger partial charge in [-0.15, -0.1) is 0 Å². The summed E-state index contributed by atoms with van der Waals surface area (Å²) in [5.74, 6) is -0.0662. The fraction of sp³-hybridized carbons (Fsp3) is 0. The predicted molar refractivity (Wildman–Crippen MR) is 106 cm³/mol. The average molecular weight is 463 g/mol. The van der Waals surface area contributed by atoms with E-state index in [2.05, 4.69) is 33.4 Å². The van der Waals surface area contributed by atoms with Crippen LogP contribution in [0.4, 0.5) is 5.69 Å². The molecular formula is C19H14BrNOSSe. The van der Waals surface area contributed by atoms with Crippen molar-refractivity contribution < 1.29 is 4.79 Å². The van der Waals surface area contributed by atoms with Crippen LogP contribution >= 0.6 is 26.1 Å². The van der Waals surface area contributed by atoms with Crippen LogP contribution < -0.4 is 9.78 Å². The molecule has 2 nitrogen and oxygen atoms in total. The fourth-order valence-electron chi connectivity index (χ4n) is 2.03. The first-order valence-electron chi connectivity index (χ1n) is 7.28. The molecule has 0 saturated carbocycles. The van der Waals surface area contributed by atoms with Gasteiger partial charge < -0.3 is 0 Å². The molecule has 0 radical (unpaired) electrons. The number of carbonyl (C=O) groups is 1. The summed E-state index contributed by atoms with van der Waals surface area (Å²) in [4.78, 5) is 13.8. The van der Waals surface area contributed by atoms with Crippen LogP contribution in [0.5, 0.6) is 0 Å². The number of hydrogen-bond donors (Lipinski definition) is 1. The van der Waals surface area contributed by atoms with Crippen molar-refractivity contribution in [2.75, 3.05) is 5.32 Å². The topological polar surface area (TPSA) is 29.1 Å². The first-order valence-corrected chi connectivity index (χ1v) is 11.8. The van der Waals surface area contributed by atoms with Gasteiger partial charge in [-0.25, -0.2) is 0 Å². The molecule has 0 aliphatic heterocycles. The van der Waals surface area contributed by atoms with Crippen LogP contribution in [-0.4, -0.2) is 19.7 Å². The number of rotatable bonds is 5. The van der Waals surface area contributed by atoms with E-state index in [4.69, 9.17) is 0 Å². The predicted octanol–water partition coefficient (Wildman–Crippen LogP) is 4.74. The van der Waals surface area contributed by atoms with Crippen molar-refractivity contribution in [1.29, 1.82) is 0 Å². The van der Waals surface area contributed by atoms with E-state index in [1.165, 1.54) is 4.90 Å². The van der Waals surface area contributed by atoms with Crippen molar-refractivity contribution in [3.05, 3.63) is 88.9 Å². The summed E-state index contributed by atoms with van der Waals surface area (Å²) >= 11 is 3.53. The van der Waals surface area contributed by atoms with Gasteiger partial charge in [0.1, 0.15) is 0 Å². The number of hydrogen-bond acceptors (Lipinski definition) is 2. The number of benzene rings is 3. The summed E-state index contributed by atoms with van der Waals surface area (Å²) in [6.45, 7) is 0. The van der Waals surface area contributed by atoms with Crippen molar-refractivity contribution in [2.24, 2.45) is 0 Å². The van der Waals surface area contributed by atoms with E-state index in [0.29, 0.717) is 0 Å². The zero-order valence-electron chi connectivity index (χ0n) is 12.6. The molecule has 0 atom stereocenters. The third kappa shape index (κ3) is 4.74. The Hall–Kier alpha value is -1.52. The van der Waals surface area contributed by atoms with Gasteiger partial charge in [0.25, 0.3) is 0 Å². The molecule has 0 heterocycles. The van der Waals surface area contributed by atoms with Crippen LogP contribution in [-0.2, 0) is 0 Å². The number of anilines is 1. The summed E-state index contributed by atoms with van der Waals surface area (Å²) in [7, 11) is 1.79. The number of carbonyl (C=O) groups excluding carboxylic acids is 1. The van der Waals surface area contributed by atoms with E-state index in [-0.39, 0.29) is 19.7 Å². The van der Waals surface area contributed by atoms with Gasteiger partial charge in [-0.1, -0.05) is 0 Å². The van der Waals surface area contributed by atoms with E-state index in [1.807, 2.05) is 66.7 Å². The molecule has 0 saturated heterocycles. The molecule has 0 aliphatic rings. The molecule has 0 unspecified atom stereocenters. The first-order chi connectivity index (χ1) is 11.7. The molecule has 0 aromatic heterocycles. The molecule has 24 heavy (non-hydrogen) atoms. The molecule has 1 N–H and O–H groups in total. The van der Waals surface area contributed by atoms with Gasteiger partial charge in [0.05, 0.1) is 0 Å². The molecule has 0 aliphatic carbocycles. The Bertz CT molecular complexity index is 824. The van der Waals surface area contributed by atoms with Gasteiger partial charge in [-0.05, 0) is 0 Å². The fourth-order valence-corrected chi connectivity index (χ4v) is 6.18. The second-order valence-corrected chi connectivity index (χ2v) is 9.68. The monoisotopic (exact) mass is 463 g/mol. The molecule has 5 heteroatoms. The van der Waals surface area contributed by atoms with E-state index in [0.717, 1.165) is 20.2 Å². The zero-order chi connectivity index (χ0) is 16.8. The van der Waals surface area contributed by atoms with Crippen molar-refractivity contribution in [1.82, 2.24) is 0 Å². The van der Waals surface area contributed by atoms with Crippen LogP contribution in [0.15, 0.2) is 88.2 Å². The van der Waals surface area contributed by atoms with Crippen molar-refractivity contribution in [2.45, 2.75) is 4.90 Å². The van der Waals surface area contributed by atoms with E-state index >= 15 is 0 Å². The molecule has 3 aromatic carbocycles. The van der Waals surface area contributed by atoms with Crippen LogP contribution in [0.2, 0.25) is 0 Å². The Kier molecular flexibility index (Phi) is 6.16. The minimum atomic E-state index is -0.0662. The second-order valence-electron chi connectivity index (χ2n) is 4.94. The van der Waals surface area contributed by atoms with Gasteiger partial charge in [0, 0.05) is 0 Å². The van der Waals surface area contributed by atoms with Crippen LogP contribution in [0.1, 0.15) is 10.4 Å². The third-order valence-corrected chi connectivity index (χ3v) is 8.07. The standard InChI is InChI=1S/C19H14BrNOSSe/c20-14-10-12-15(13-11-14)21-19(22)17-8-4-5-9-18(17)24-23-16-6-2-1-3-7-16/h1-13H,(H,21,22). The Morgan fingerprint density at radius 1 is 0.875 bits per heavy atom. The first kappa shape index (κ1) is 17.3. The molecule has 3 rings (SSSR count). The summed E-state index contributed by atoms with van der Waals surface area (Å²) in [6, 6.07) is 25.7. The summed E-state index contributed by atoms with van der Waals surface area (Å²) in [5.41, 5.74) is 1.53. The van der Waals surface area contributed by atoms with Crippen LogP contribution in [0, 0.1) is 0 Å². The zero-order valence-corrected chi connectivity index (χ0v) is 16.7. The molecule has 0 spiro atoms.